The van der Waals surface area contributed by atoms with Crippen LogP contribution in [0.3, 0.4) is 0 Å². The van der Waals surface area contributed by atoms with Gasteiger partial charge in [0.05, 0.1) is 5.39 Å². The number of phenolic OH excluding ortho intramolecular Hbond substituents is 1. The lowest BCUT2D eigenvalue weighted by Gasteiger charge is -2.07. The van der Waals surface area contributed by atoms with Crippen molar-refractivity contribution in [3.63, 3.8) is 0 Å². The lowest BCUT2D eigenvalue weighted by molar-refractivity contribution is 0.482. The molecule has 3 nitrogen and oxygen atoms in total. The molecule has 0 spiro atoms. The molecule has 0 saturated carbocycles. The van der Waals surface area contributed by atoms with Gasteiger partial charge in [-0.25, -0.2) is 0 Å². The van der Waals surface area contributed by atoms with Crippen molar-refractivity contribution in [2.45, 2.75) is 0 Å². The van der Waals surface area contributed by atoms with Crippen molar-refractivity contribution < 1.29 is 9.52 Å². The average molecular weight is 288 g/mol. The van der Waals surface area contributed by atoms with Crippen molar-refractivity contribution in [3.8, 4) is 17.1 Å². The number of benzene rings is 3. The molecule has 0 aliphatic heterocycles. The first kappa shape index (κ1) is 12.7. The van der Waals surface area contributed by atoms with Crippen molar-refractivity contribution in [1.29, 1.82) is 0 Å². The Hall–Kier alpha value is -3.07. The summed E-state index contributed by atoms with van der Waals surface area (Å²) in [4.78, 5) is 12.4. The molecule has 0 fully saturated rings. The van der Waals surface area contributed by atoms with E-state index in [1.807, 2.05) is 48.5 Å². The van der Waals surface area contributed by atoms with Gasteiger partial charge in [-0.2, -0.15) is 0 Å². The second-order valence-corrected chi connectivity index (χ2v) is 5.16. The molecule has 0 aliphatic rings. The standard InChI is InChI=1S/C19H12O3/c20-16-10-15-17(21)11-18(12-6-2-1-3-7-12)22-19(15)14-9-5-4-8-13(14)16/h1-11,20H. The Morgan fingerprint density at radius 1 is 0.773 bits per heavy atom. The Kier molecular flexibility index (Phi) is 2.73. The van der Waals surface area contributed by atoms with Crippen LogP contribution in [-0.2, 0) is 0 Å². The minimum Gasteiger partial charge on any atom is -0.507 e. The third kappa shape index (κ3) is 1.87. The first-order chi connectivity index (χ1) is 10.7. The van der Waals surface area contributed by atoms with Crippen LogP contribution < -0.4 is 5.43 Å². The molecule has 0 amide bonds. The number of phenols is 1. The zero-order valence-electron chi connectivity index (χ0n) is 11.6. The summed E-state index contributed by atoms with van der Waals surface area (Å²) in [6.45, 7) is 0. The number of fused-ring (bicyclic) bond motifs is 3. The fourth-order valence-corrected chi connectivity index (χ4v) is 2.70. The van der Waals surface area contributed by atoms with E-state index < -0.39 is 0 Å². The van der Waals surface area contributed by atoms with Gasteiger partial charge in [0.15, 0.2) is 5.43 Å². The maximum Gasteiger partial charge on any atom is 0.193 e. The second kappa shape index (κ2) is 4.74. The zero-order valence-corrected chi connectivity index (χ0v) is 11.6. The molecule has 4 aromatic rings. The maximum absolute atomic E-state index is 12.4. The summed E-state index contributed by atoms with van der Waals surface area (Å²) >= 11 is 0. The average Bonchev–Trinajstić information content (AvgIpc) is 2.57. The molecule has 3 aromatic carbocycles. The molecule has 4 rings (SSSR count). The molecule has 0 radical (unpaired) electrons. The van der Waals surface area contributed by atoms with Gasteiger partial charge < -0.3 is 9.52 Å². The normalized spacial score (nSPS) is 11.1. The van der Waals surface area contributed by atoms with Gasteiger partial charge in [-0.1, -0.05) is 54.6 Å². The van der Waals surface area contributed by atoms with Gasteiger partial charge in [0, 0.05) is 22.4 Å². The Morgan fingerprint density at radius 3 is 2.23 bits per heavy atom. The van der Waals surface area contributed by atoms with E-state index >= 15 is 0 Å². The van der Waals surface area contributed by atoms with Crippen LogP contribution in [0.4, 0.5) is 0 Å². The number of rotatable bonds is 1. The molecule has 0 aliphatic carbocycles. The van der Waals surface area contributed by atoms with Crippen LogP contribution in [0.2, 0.25) is 0 Å². The van der Waals surface area contributed by atoms with Gasteiger partial charge in [0.2, 0.25) is 0 Å². The van der Waals surface area contributed by atoms with Gasteiger partial charge in [-0.05, 0) is 6.07 Å². The molecule has 1 N–H and O–H groups in total. The van der Waals surface area contributed by atoms with Crippen LogP contribution in [0.15, 0.2) is 75.9 Å². The second-order valence-electron chi connectivity index (χ2n) is 5.16. The van der Waals surface area contributed by atoms with E-state index in [0.29, 0.717) is 22.1 Å². The van der Waals surface area contributed by atoms with E-state index in [9.17, 15) is 9.90 Å². The van der Waals surface area contributed by atoms with Gasteiger partial charge in [-0.15, -0.1) is 0 Å². The van der Waals surface area contributed by atoms with Crippen LogP contribution >= 0.6 is 0 Å². The van der Waals surface area contributed by atoms with Gasteiger partial charge in [-0.3, -0.25) is 4.79 Å². The summed E-state index contributed by atoms with van der Waals surface area (Å²) in [6, 6.07) is 19.8. The predicted octanol–water partition coefficient (Wildman–Crippen LogP) is 4.32. The van der Waals surface area contributed by atoms with E-state index in [4.69, 9.17) is 4.42 Å². The molecule has 0 atom stereocenters. The van der Waals surface area contributed by atoms with Crippen LogP contribution in [0.25, 0.3) is 33.1 Å². The summed E-state index contributed by atoms with van der Waals surface area (Å²) < 4.78 is 5.99. The van der Waals surface area contributed by atoms with E-state index in [1.54, 1.807) is 6.07 Å². The largest absolute Gasteiger partial charge is 0.507 e. The number of hydrogen-bond acceptors (Lipinski definition) is 3. The van der Waals surface area contributed by atoms with Crippen LogP contribution in [0.1, 0.15) is 0 Å². The smallest absolute Gasteiger partial charge is 0.193 e. The summed E-state index contributed by atoms with van der Waals surface area (Å²) in [7, 11) is 0. The summed E-state index contributed by atoms with van der Waals surface area (Å²) in [5.41, 5.74) is 1.18. The minimum absolute atomic E-state index is 0.0860. The highest BCUT2D eigenvalue weighted by atomic mass is 16.3. The molecule has 0 unspecified atom stereocenters. The lowest BCUT2D eigenvalue weighted by Crippen LogP contribution is -2.00. The highest BCUT2D eigenvalue weighted by Crippen LogP contribution is 2.33. The molecule has 106 valence electrons. The molecule has 1 heterocycles. The Balaban J connectivity index is 2.15. The van der Waals surface area contributed by atoms with E-state index in [1.165, 1.54) is 12.1 Å². The van der Waals surface area contributed by atoms with Crippen LogP contribution in [-0.4, -0.2) is 5.11 Å². The van der Waals surface area contributed by atoms with Crippen molar-refractivity contribution in [2.24, 2.45) is 0 Å². The van der Waals surface area contributed by atoms with Gasteiger partial charge in [0.1, 0.15) is 17.1 Å². The van der Waals surface area contributed by atoms with Crippen LogP contribution in [0, 0.1) is 0 Å². The van der Waals surface area contributed by atoms with Crippen LogP contribution in [0.5, 0.6) is 5.75 Å². The molecule has 22 heavy (non-hydrogen) atoms. The van der Waals surface area contributed by atoms with Crippen molar-refractivity contribution in [2.75, 3.05) is 0 Å². The van der Waals surface area contributed by atoms with Crippen molar-refractivity contribution in [3.05, 3.63) is 77.0 Å². The Labute approximate surface area is 126 Å². The maximum atomic E-state index is 12.4. The highest BCUT2D eigenvalue weighted by Gasteiger charge is 2.12. The molecular formula is C19H12O3. The summed E-state index contributed by atoms with van der Waals surface area (Å²) in [5.74, 6) is 0.608. The molecule has 3 heteroatoms. The molecular weight excluding hydrogens is 276 g/mol. The van der Waals surface area contributed by atoms with Crippen molar-refractivity contribution in [1.82, 2.24) is 0 Å². The molecule has 0 bridgehead atoms. The fourth-order valence-electron chi connectivity index (χ4n) is 2.70. The third-order valence-electron chi connectivity index (χ3n) is 3.77. The number of hydrogen-bond donors (Lipinski definition) is 1. The van der Waals surface area contributed by atoms with Gasteiger partial charge in [0.25, 0.3) is 0 Å². The van der Waals surface area contributed by atoms with E-state index in [0.717, 1.165) is 10.9 Å². The van der Waals surface area contributed by atoms with Crippen molar-refractivity contribution >= 4 is 21.7 Å². The van der Waals surface area contributed by atoms with E-state index in [2.05, 4.69) is 0 Å². The summed E-state index contributed by atoms with van der Waals surface area (Å²) in [5, 5.41) is 11.9. The predicted molar refractivity (Wildman–Crippen MR) is 87.1 cm³/mol. The zero-order chi connectivity index (χ0) is 15.1. The molecule has 0 saturated heterocycles. The Bertz CT molecular complexity index is 1050. The van der Waals surface area contributed by atoms with Gasteiger partial charge >= 0.3 is 0 Å². The first-order valence-corrected chi connectivity index (χ1v) is 6.98. The summed E-state index contributed by atoms with van der Waals surface area (Å²) in [6.07, 6.45) is 0. The Morgan fingerprint density at radius 2 is 1.45 bits per heavy atom. The lowest BCUT2D eigenvalue weighted by atomic mass is 10.0. The minimum atomic E-state index is -0.166. The quantitative estimate of drug-likeness (QED) is 0.531. The fraction of sp³-hybridized carbons (Fsp3) is 0. The monoisotopic (exact) mass is 288 g/mol. The third-order valence-corrected chi connectivity index (χ3v) is 3.77. The SMILES string of the molecule is O=c1cc(-c2ccccc2)oc2c1cc(O)c1ccccc12. The number of aromatic hydroxyl groups is 1. The highest BCUT2D eigenvalue weighted by molar-refractivity contribution is 6.07. The van der Waals surface area contributed by atoms with E-state index in [-0.39, 0.29) is 11.2 Å². The first-order valence-electron chi connectivity index (χ1n) is 6.98. The molecule has 1 aromatic heterocycles. The topological polar surface area (TPSA) is 50.4 Å².